The number of anilines is 1. The van der Waals surface area contributed by atoms with Crippen LogP contribution in [0.3, 0.4) is 0 Å². The number of carbonyl (C=O) groups excluding carboxylic acids is 1. The van der Waals surface area contributed by atoms with E-state index < -0.39 is 6.36 Å². The molecule has 0 bridgehead atoms. The van der Waals surface area contributed by atoms with Crippen molar-refractivity contribution in [2.75, 3.05) is 11.9 Å². The molecule has 35 heavy (non-hydrogen) atoms. The van der Waals surface area contributed by atoms with Gasteiger partial charge < -0.3 is 15.0 Å². The number of aromatic nitrogens is 2. The molecule has 1 aliphatic carbocycles. The molecule has 0 atom stereocenters. The number of hydrogen-bond acceptors (Lipinski definition) is 4. The average molecular weight is 485 g/mol. The predicted molar refractivity (Wildman–Crippen MR) is 128 cm³/mol. The summed E-state index contributed by atoms with van der Waals surface area (Å²) >= 11 is 0. The summed E-state index contributed by atoms with van der Waals surface area (Å²) in [7, 11) is 1.88. The first-order valence-corrected chi connectivity index (χ1v) is 11.5. The SMILES string of the molecule is CCc1nc2ccccn2c1C(=O)NCc1ccc(N(C)C2=CC=C(OC(F)(F)F)CCC2)cc1. The lowest BCUT2D eigenvalue weighted by atomic mass is 10.1. The Balaban J connectivity index is 1.41. The van der Waals surface area contributed by atoms with E-state index in [4.69, 9.17) is 0 Å². The Morgan fingerprint density at radius 1 is 1.14 bits per heavy atom. The number of hydrogen-bond donors (Lipinski definition) is 1. The molecule has 9 heteroatoms. The number of halogens is 3. The van der Waals surface area contributed by atoms with Crippen molar-refractivity contribution in [1.29, 1.82) is 0 Å². The van der Waals surface area contributed by atoms with E-state index in [2.05, 4.69) is 15.0 Å². The fraction of sp³-hybridized carbons (Fsp3) is 0.308. The van der Waals surface area contributed by atoms with Crippen LogP contribution in [0.1, 0.15) is 47.9 Å². The second-order valence-electron chi connectivity index (χ2n) is 8.29. The van der Waals surface area contributed by atoms with Gasteiger partial charge in [-0.3, -0.25) is 9.20 Å². The minimum absolute atomic E-state index is 0.0795. The van der Waals surface area contributed by atoms with E-state index in [0.717, 1.165) is 28.3 Å². The molecule has 1 N–H and O–H groups in total. The molecule has 0 aliphatic heterocycles. The zero-order chi connectivity index (χ0) is 25.0. The fourth-order valence-corrected chi connectivity index (χ4v) is 4.11. The van der Waals surface area contributed by atoms with Crippen LogP contribution in [0.15, 0.2) is 72.3 Å². The van der Waals surface area contributed by atoms with E-state index in [1.54, 1.807) is 10.5 Å². The second-order valence-corrected chi connectivity index (χ2v) is 8.29. The van der Waals surface area contributed by atoms with Crippen LogP contribution in [-0.4, -0.2) is 28.7 Å². The summed E-state index contributed by atoms with van der Waals surface area (Å²) in [4.78, 5) is 19.4. The maximum atomic E-state index is 12.9. The van der Waals surface area contributed by atoms with Crippen molar-refractivity contribution >= 4 is 17.2 Å². The Kier molecular flexibility index (Phi) is 7.14. The molecule has 2 aromatic heterocycles. The molecule has 0 saturated carbocycles. The predicted octanol–water partition coefficient (Wildman–Crippen LogP) is 5.75. The van der Waals surface area contributed by atoms with Gasteiger partial charge >= 0.3 is 6.36 Å². The standard InChI is InChI=1S/C26H27F3N4O2/c1-3-22-24(33-16-5-4-9-23(33)31-22)25(34)30-17-18-10-12-20(13-11-18)32(2)19-7-6-8-21(15-14-19)35-26(27,28)29/h4-5,9-16H,3,6-8,17H2,1-2H3,(H,30,34). The van der Waals surface area contributed by atoms with Crippen molar-refractivity contribution in [2.24, 2.45) is 0 Å². The number of carbonyl (C=O) groups is 1. The summed E-state index contributed by atoms with van der Waals surface area (Å²) in [5, 5.41) is 2.97. The van der Waals surface area contributed by atoms with Crippen molar-refractivity contribution in [3.05, 3.63) is 89.2 Å². The Morgan fingerprint density at radius 3 is 2.63 bits per heavy atom. The van der Waals surface area contributed by atoms with Crippen LogP contribution in [-0.2, 0) is 17.7 Å². The maximum Gasteiger partial charge on any atom is 0.572 e. The molecular formula is C26H27F3N4O2. The lowest BCUT2D eigenvalue weighted by Crippen LogP contribution is -2.25. The summed E-state index contributed by atoms with van der Waals surface area (Å²) in [5.41, 5.74) is 4.75. The average Bonchev–Trinajstić information content (AvgIpc) is 3.07. The van der Waals surface area contributed by atoms with Gasteiger partial charge in [-0.15, -0.1) is 13.2 Å². The Hall–Kier alpha value is -3.75. The van der Waals surface area contributed by atoms with Crippen LogP contribution in [0, 0.1) is 0 Å². The number of nitrogens with zero attached hydrogens (tertiary/aromatic N) is 3. The third kappa shape index (κ3) is 5.85. The zero-order valence-corrected chi connectivity index (χ0v) is 19.6. The van der Waals surface area contributed by atoms with Crippen molar-refractivity contribution in [1.82, 2.24) is 14.7 Å². The Bertz CT molecular complexity index is 1260. The number of allylic oxidation sites excluding steroid dienone is 4. The number of rotatable bonds is 7. The van der Waals surface area contributed by atoms with Crippen LogP contribution >= 0.6 is 0 Å². The van der Waals surface area contributed by atoms with E-state index in [-0.39, 0.29) is 18.1 Å². The molecule has 0 unspecified atom stereocenters. The highest BCUT2D eigenvalue weighted by Gasteiger charge is 2.32. The number of fused-ring (bicyclic) bond motifs is 1. The summed E-state index contributed by atoms with van der Waals surface area (Å²) in [6.45, 7) is 2.33. The highest BCUT2D eigenvalue weighted by Crippen LogP contribution is 2.29. The molecule has 2 heterocycles. The summed E-state index contributed by atoms with van der Waals surface area (Å²) in [6.07, 6.45) is 2.30. The number of imidazole rings is 1. The summed E-state index contributed by atoms with van der Waals surface area (Å²) < 4.78 is 43.4. The lowest BCUT2D eigenvalue weighted by Gasteiger charge is -2.22. The first kappa shape index (κ1) is 24.4. The largest absolute Gasteiger partial charge is 0.572 e. The number of aryl methyl sites for hydroxylation is 1. The molecule has 0 saturated heterocycles. The minimum atomic E-state index is -4.68. The minimum Gasteiger partial charge on any atom is -0.410 e. The third-order valence-electron chi connectivity index (χ3n) is 5.92. The Labute approximate surface area is 201 Å². The van der Waals surface area contributed by atoms with Crippen LogP contribution < -0.4 is 10.2 Å². The molecule has 3 aromatic rings. The first-order valence-electron chi connectivity index (χ1n) is 11.5. The molecule has 0 radical (unpaired) electrons. The van der Waals surface area contributed by atoms with Gasteiger partial charge in [-0.2, -0.15) is 0 Å². The van der Waals surface area contributed by atoms with Gasteiger partial charge in [0.1, 0.15) is 17.1 Å². The van der Waals surface area contributed by atoms with E-state index >= 15 is 0 Å². The van der Waals surface area contributed by atoms with Gasteiger partial charge in [-0.25, -0.2) is 4.98 Å². The number of benzene rings is 1. The highest BCUT2D eigenvalue weighted by atomic mass is 19.4. The van der Waals surface area contributed by atoms with E-state index in [1.807, 2.05) is 67.5 Å². The van der Waals surface area contributed by atoms with Gasteiger partial charge in [0, 0.05) is 37.6 Å². The molecule has 184 valence electrons. The highest BCUT2D eigenvalue weighted by molar-refractivity contribution is 5.94. The number of amides is 1. The van der Waals surface area contributed by atoms with Crippen molar-refractivity contribution in [3.8, 4) is 0 Å². The fourth-order valence-electron chi connectivity index (χ4n) is 4.11. The van der Waals surface area contributed by atoms with Gasteiger partial charge in [0.05, 0.1) is 5.69 Å². The molecular weight excluding hydrogens is 457 g/mol. The van der Waals surface area contributed by atoms with E-state index in [9.17, 15) is 18.0 Å². The van der Waals surface area contributed by atoms with Gasteiger partial charge in [0.25, 0.3) is 5.91 Å². The molecule has 0 spiro atoms. The van der Waals surface area contributed by atoms with Crippen LogP contribution in [0.25, 0.3) is 5.65 Å². The molecule has 6 nitrogen and oxygen atoms in total. The lowest BCUT2D eigenvalue weighted by molar-refractivity contribution is -0.306. The van der Waals surface area contributed by atoms with Crippen molar-refractivity contribution < 1.29 is 22.7 Å². The number of alkyl halides is 3. The molecule has 0 fully saturated rings. The third-order valence-corrected chi connectivity index (χ3v) is 5.92. The normalized spacial score (nSPS) is 14.2. The van der Waals surface area contributed by atoms with Crippen LogP contribution in [0.2, 0.25) is 0 Å². The van der Waals surface area contributed by atoms with Gasteiger partial charge in [0.15, 0.2) is 0 Å². The zero-order valence-electron chi connectivity index (χ0n) is 19.6. The van der Waals surface area contributed by atoms with Crippen molar-refractivity contribution in [2.45, 2.75) is 45.5 Å². The van der Waals surface area contributed by atoms with Gasteiger partial charge in [0.2, 0.25) is 0 Å². The summed E-state index contributed by atoms with van der Waals surface area (Å²) in [5.74, 6) is -0.266. The number of nitrogens with one attached hydrogen (secondary N) is 1. The quantitative estimate of drug-likeness (QED) is 0.464. The summed E-state index contributed by atoms with van der Waals surface area (Å²) in [6, 6.07) is 13.3. The van der Waals surface area contributed by atoms with Gasteiger partial charge in [-0.05, 0) is 61.2 Å². The monoisotopic (exact) mass is 484 g/mol. The number of ether oxygens (including phenoxy) is 1. The second kappa shape index (κ2) is 10.2. The van der Waals surface area contributed by atoms with E-state index in [0.29, 0.717) is 31.5 Å². The smallest absolute Gasteiger partial charge is 0.410 e. The molecule has 1 amide bonds. The first-order chi connectivity index (χ1) is 16.7. The van der Waals surface area contributed by atoms with Gasteiger partial charge in [-0.1, -0.05) is 25.1 Å². The van der Waals surface area contributed by atoms with Crippen LogP contribution in [0.4, 0.5) is 18.9 Å². The number of pyridine rings is 1. The topological polar surface area (TPSA) is 58.9 Å². The molecule has 1 aliphatic rings. The van der Waals surface area contributed by atoms with E-state index in [1.165, 1.54) is 6.08 Å². The van der Waals surface area contributed by atoms with Crippen molar-refractivity contribution in [3.63, 3.8) is 0 Å². The van der Waals surface area contributed by atoms with Crippen LogP contribution in [0.5, 0.6) is 0 Å². The Morgan fingerprint density at radius 2 is 1.91 bits per heavy atom. The maximum absolute atomic E-state index is 12.9. The molecule has 1 aromatic carbocycles. The molecule has 4 rings (SSSR count).